The van der Waals surface area contributed by atoms with Crippen LogP contribution in [0.3, 0.4) is 0 Å². The second-order valence-electron chi connectivity index (χ2n) is 6.37. The quantitative estimate of drug-likeness (QED) is 0.173. The van der Waals surface area contributed by atoms with Crippen molar-refractivity contribution in [2.75, 3.05) is 0 Å². The molecule has 23 heavy (non-hydrogen) atoms. The maximum atomic E-state index is 9.01. The Balaban J connectivity index is 0. The van der Waals surface area contributed by atoms with Gasteiger partial charge >= 0.3 is 6.09 Å². The van der Waals surface area contributed by atoms with Gasteiger partial charge in [0.1, 0.15) is 0 Å². The summed E-state index contributed by atoms with van der Waals surface area (Å²) >= 11 is 0. The molecule has 0 aliphatic rings. The summed E-state index contributed by atoms with van der Waals surface area (Å²) in [4.78, 5) is 9.01. The number of hydrogen-bond donors (Lipinski definition) is 3. The largest absolute Gasteiger partial charge is 0.464 e. The van der Waals surface area contributed by atoms with Crippen molar-refractivity contribution >= 4 is 6.09 Å². The van der Waals surface area contributed by atoms with E-state index in [1.54, 1.807) is 0 Å². The summed E-state index contributed by atoms with van der Waals surface area (Å²) in [6.45, 7) is 4.59. The van der Waals surface area contributed by atoms with Gasteiger partial charge in [-0.05, 0) is 0 Å². The molecule has 4 heteroatoms. The number of carbonyl (C=O) groups is 1. The highest BCUT2D eigenvalue weighted by atomic mass is 16.5. The summed E-state index contributed by atoms with van der Waals surface area (Å²) in [7, 11) is 0. The molecule has 0 aliphatic carbocycles. The molecule has 3 N–H and O–H groups in total. The van der Waals surface area contributed by atoms with Crippen LogP contribution in [0.4, 0.5) is 4.79 Å². The van der Waals surface area contributed by atoms with Gasteiger partial charge in [-0.25, -0.2) is 10.3 Å². The van der Waals surface area contributed by atoms with Gasteiger partial charge in [-0.2, -0.15) is 0 Å². The molecule has 0 heterocycles. The van der Waals surface area contributed by atoms with Crippen LogP contribution in [0.25, 0.3) is 0 Å². The lowest BCUT2D eigenvalue weighted by Crippen LogP contribution is -2.14. The smallest absolute Gasteiger partial charge is 0.428 e. The molecular formula is C19H41NO3. The van der Waals surface area contributed by atoms with Crippen molar-refractivity contribution in [2.45, 2.75) is 117 Å². The van der Waals surface area contributed by atoms with E-state index >= 15 is 0 Å². The van der Waals surface area contributed by atoms with Crippen molar-refractivity contribution in [1.82, 2.24) is 5.48 Å². The maximum Gasteiger partial charge on any atom is 0.428 e. The van der Waals surface area contributed by atoms with Crippen molar-refractivity contribution in [3.8, 4) is 0 Å². The number of unbranched alkanes of at least 4 members (excludes halogenated alkanes) is 15. The van der Waals surface area contributed by atoms with Crippen LogP contribution in [0.1, 0.15) is 117 Å². The Labute approximate surface area is 144 Å². The highest BCUT2D eigenvalue weighted by Gasteiger charge is 1.93. The van der Waals surface area contributed by atoms with Crippen LogP contribution in [0.2, 0.25) is 0 Å². The summed E-state index contributed by atoms with van der Waals surface area (Å²) < 4.78 is 0. The molecule has 0 aliphatic heterocycles. The zero-order valence-corrected chi connectivity index (χ0v) is 15.6. The average molecular weight is 332 g/mol. The lowest BCUT2D eigenvalue weighted by Gasteiger charge is -2.03. The van der Waals surface area contributed by atoms with Gasteiger partial charge in [0.15, 0.2) is 0 Å². The van der Waals surface area contributed by atoms with Crippen LogP contribution in [0.5, 0.6) is 0 Å². The van der Waals surface area contributed by atoms with Gasteiger partial charge in [-0.15, -0.1) is 0 Å². The van der Waals surface area contributed by atoms with E-state index in [1.165, 1.54) is 103 Å². The molecule has 0 saturated heterocycles. The molecule has 140 valence electrons. The van der Waals surface area contributed by atoms with E-state index in [2.05, 4.69) is 13.8 Å². The fourth-order valence-electron chi connectivity index (χ4n) is 2.62. The second kappa shape index (κ2) is 23.5. The zero-order valence-electron chi connectivity index (χ0n) is 15.6. The van der Waals surface area contributed by atoms with E-state index in [0.717, 1.165) is 5.48 Å². The topological polar surface area (TPSA) is 69.6 Å². The number of rotatable bonds is 15. The van der Waals surface area contributed by atoms with Crippen LogP contribution in [0.15, 0.2) is 0 Å². The lowest BCUT2D eigenvalue weighted by molar-refractivity contribution is 0.122. The van der Waals surface area contributed by atoms with Crippen molar-refractivity contribution in [3.05, 3.63) is 0 Å². The molecule has 0 aromatic carbocycles. The first kappa shape index (κ1) is 24.5. The van der Waals surface area contributed by atoms with Gasteiger partial charge in [0.2, 0.25) is 0 Å². The molecule has 0 radical (unpaired) electrons. The Bertz CT molecular complexity index is 207. The van der Waals surface area contributed by atoms with Crippen molar-refractivity contribution < 1.29 is 15.1 Å². The van der Waals surface area contributed by atoms with E-state index in [0.29, 0.717) is 0 Å². The van der Waals surface area contributed by atoms with Crippen LogP contribution < -0.4 is 5.48 Å². The Morgan fingerprint density at radius 2 is 0.783 bits per heavy atom. The summed E-state index contributed by atoms with van der Waals surface area (Å²) in [5.74, 6) is 0. The average Bonchev–Trinajstić information content (AvgIpc) is 2.55. The van der Waals surface area contributed by atoms with E-state index < -0.39 is 6.09 Å². The van der Waals surface area contributed by atoms with Gasteiger partial charge in [0, 0.05) is 0 Å². The van der Waals surface area contributed by atoms with E-state index in [9.17, 15) is 0 Å². The Hall–Kier alpha value is -0.770. The van der Waals surface area contributed by atoms with Crippen LogP contribution in [0, 0.1) is 0 Å². The number of carboxylic acid groups (broad SMARTS) is 1. The summed E-state index contributed by atoms with van der Waals surface area (Å²) in [6, 6.07) is 0. The van der Waals surface area contributed by atoms with Crippen LogP contribution >= 0.6 is 0 Å². The molecule has 0 spiro atoms. The van der Waals surface area contributed by atoms with Gasteiger partial charge in [0.05, 0.1) is 0 Å². The molecule has 1 amide bonds. The minimum Gasteiger partial charge on any atom is -0.464 e. The zero-order chi connectivity index (χ0) is 17.6. The molecule has 4 nitrogen and oxygen atoms in total. The third-order valence-corrected chi connectivity index (χ3v) is 4.05. The van der Waals surface area contributed by atoms with Crippen molar-refractivity contribution in [3.63, 3.8) is 0 Å². The SMILES string of the molecule is CCCCCCCCCCCCCCCCCC.O=C(O)NO. The van der Waals surface area contributed by atoms with E-state index in [1.807, 2.05) is 0 Å². The highest BCUT2D eigenvalue weighted by molar-refractivity contribution is 5.62. The summed E-state index contributed by atoms with van der Waals surface area (Å²) in [6.07, 6.45) is 22.0. The molecule has 0 bridgehead atoms. The van der Waals surface area contributed by atoms with Gasteiger partial charge in [-0.1, -0.05) is 117 Å². The van der Waals surface area contributed by atoms with E-state index in [-0.39, 0.29) is 0 Å². The third-order valence-electron chi connectivity index (χ3n) is 4.05. The molecule has 0 saturated carbocycles. The van der Waals surface area contributed by atoms with Crippen molar-refractivity contribution in [2.24, 2.45) is 0 Å². The molecular weight excluding hydrogens is 290 g/mol. The van der Waals surface area contributed by atoms with Crippen molar-refractivity contribution in [1.29, 1.82) is 0 Å². The number of amides is 1. The number of nitrogens with one attached hydrogen (secondary N) is 1. The summed E-state index contributed by atoms with van der Waals surface area (Å²) in [5, 5.41) is 14.7. The molecule has 0 aromatic rings. The fourth-order valence-corrected chi connectivity index (χ4v) is 2.62. The minimum absolute atomic E-state index is 0.944. The molecule has 0 fully saturated rings. The lowest BCUT2D eigenvalue weighted by atomic mass is 10.0. The third kappa shape index (κ3) is 29.8. The highest BCUT2D eigenvalue weighted by Crippen LogP contribution is 2.13. The molecule has 0 unspecified atom stereocenters. The Morgan fingerprint density at radius 3 is 0.913 bits per heavy atom. The monoisotopic (exact) mass is 331 g/mol. The Morgan fingerprint density at radius 1 is 0.609 bits per heavy atom. The predicted molar refractivity (Wildman–Crippen MR) is 98.2 cm³/mol. The standard InChI is InChI=1S/C18H38.CH3NO3/c1-3-5-7-9-11-13-15-17-18-16-14-12-10-8-6-4-2;3-1(4)2-5/h3-18H2,1-2H3;2,5H,(H,3,4). The second-order valence-corrected chi connectivity index (χ2v) is 6.37. The van der Waals surface area contributed by atoms with Gasteiger partial charge in [0.25, 0.3) is 0 Å². The fraction of sp³-hybridized carbons (Fsp3) is 0.947. The first-order chi connectivity index (χ1) is 11.2. The first-order valence-corrected chi connectivity index (χ1v) is 9.82. The summed E-state index contributed by atoms with van der Waals surface area (Å²) in [5.41, 5.74) is 0.944. The molecule has 0 atom stereocenters. The maximum absolute atomic E-state index is 9.01. The van der Waals surface area contributed by atoms with Crippen LogP contribution in [-0.2, 0) is 0 Å². The van der Waals surface area contributed by atoms with Crippen LogP contribution in [-0.4, -0.2) is 16.4 Å². The van der Waals surface area contributed by atoms with E-state index in [4.69, 9.17) is 15.1 Å². The van der Waals surface area contributed by atoms with Gasteiger partial charge in [-0.3, -0.25) is 5.21 Å². The van der Waals surface area contributed by atoms with Gasteiger partial charge < -0.3 is 5.11 Å². The molecule has 0 rings (SSSR count). The Kier molecular flexibility index (Phi) is 25.0. The molecule has 0 aromatic heterocycles. The number of hydrogen-bond acceptors (Lipinski definition) is 2. The number of hydroxylamine groups is 1. The minimum atomic E-state index is -1.44. The predicted octanol–water partition coefficient (Wildman–Crippen LogP) is 6.91. The first-order valence-electron chi connectivity index (χ1n) is 9.82. The normalized spacial score (nSPS) is 10.0.